The van der Waals surface area contributed by atoms with Gasteiger partial charge in [0.1, 0.15) is 0 Å². The highest BCUT2D eigenvalue weighted by molar-refractivity contribution is 5.88. The summed E-state index contributed by atoms with van der Waals surface area (Å²) in [6.07, 6.45) is 0. The van der Waals surface area contributed by atoms with E-state index >= 15 is 0 Å². The number of pyridine rings is 2. The van der Waals surface area contributed by atoms with Gasteiger partial charge in [0.25, 0.3) is 0 Å². The monoisotopic (exact) mass is 386 g/mol. The molecule has 0 atom stereocenters. The van der Waals surface area contributed by atoms with Gasteiger partial charge < -0.3 is 0 Å². The average Bonchev–Trinajstić information content (AvgIpc) is 2.80. The standard InChI is InChI=1S/C28H22N2/c1-19-11-13-22(14-12-19)25-9-6-10-26(29-25)23-15-16-24-20(2)17-27(30-28(24)18-23)21-7-4-3-5-8-21/h3-18H,1-2H3. The van der Waals surface area contributed by atoms with Gasteiger partial charge in [0.05, 0.1) is 22.6 Å². The third-order valence-electron chi connectivity index (χ3n) is 5.48. The Kier molecular flexibility index (Phi) is 4.61. The first-order chi connectivity index (χ1) is 14.7. The molecular formula is C28H22N2. The van der Waals surface area contributed by atoms with Gasteiger partial charge in [-0.2, -0.15) is 0 Å². The molecule has 3 aromatic carbocycles. The molecule has 2 aromatic heterocycles. The third kappa shape index (κ3) is 3.48. The van der Waals surface area contributed by atoms with Crippen LogP contribution < -0.4 is 0 Å². The number of aromatic nitrogens is 2. The summed E-state index contributed by atoms with van der Waals surface area (Å²) in [5.74, 6) is 0. The Balaban J connectivity index is 1.60. The first kappa shape index (κ1) is 18.3. The molecule has 5 rings (SSSR count). The summed E-state index contributed by atoms with van der Waals surface area (Å²) in [7, 11) is 0. The largest absolute Gasteiger partial charge is 0.248 e. The fraction of sp³-hybridized carbons (Fsp3) is 0.0714. The lowest BCUT2D eigenvalue weighted by Crippen LogP contribution is -1.91. The normalized spacial score (nSPS) is 11.0. The van der Waals surface area contributed by atoms with Crippen molar-refractivity contribution in [1.82, 2.24) is 9.97 Å². The molecule has 2 heteroatoms. The molecule has 0 aliphatic heterocycles. The summed E-state index contributed by atoms with van der Waals surface area (Å²) in [6, 6.07) is 33.6. The first-order valence-corrected chi connectivity index (χ1v) is 10.2. The topological polar surface area (TPSA) is 25.8 Å². The van der Waals surface area contributed by atoms with Gasteiger partial charge in [-0.1, -0.05) is 78.4 Å². The highest BCUT2D eigenvalue weighted by Crippen LogP contribution is 2.29. The lowest BCUT2D eigenvalue weighted by atomic mass is 10.0. The van der Waals surface area contributed by atoms with Gasteiger partial charge in [-0.3, -0.25) is 0 Å². The second kappa shape index (κ2) is 7.57. The Morgan fingerprint density at radius 1 is 0.500 bits per heavy atom. The summed E-state index contributed by atoms with van der Waals surface area (Å²) in [5, 5.41) is 1.17. The third-order valence-corrected chi connectivity index (χ3v) is 5.48. The molecule has 30 heavy (non-hydrogen) atoms. The van der Waals surface area contributed by atoms with Gasteiger partial charge in [-0.25, -0.2) is 9.97 Å². The summed E-state index contributed by atoms with van der Waals surface area (Å²) in [5.41, 5.74) is 9.75. The van der Waals surface area contributed by atoms with Crippen molar-refractivity contribution in [2.75, 3.05) is 0 Å². The molecule has 144 valence electrons. The van der Waals surface area contributed by atoms with Crippen molar-refractivity contribution in [3.05, 3.63) is 108 Å². The van der Waals surface area contributed by atoms with Crippen molar-refractivity contribution in [1.29, 1.82) is 0 Å². The number of benzene rings is 3. The fourth-order valence-electron chi connectivity index (χ4n) is 3.80. The average molecular weight is 386 g/mol. The lowest BCUT2D eigenvalue weighted by Gasteiger charge is -2.10. The molecule has 5 aromatic rings. The molecular weight excluding hydrogens is 364 g/mol. The second-order valence-corrected chi connectivity index (χ2v) is 7.70. The minimum atomic E-state index is 0.958. The molecule has 0 bridgehead atoms. The first-order valence-electron chi connectivity index (χ1n) is 10.2. The van der Waals surface area contributed by atoms with Gasteiger partial charge in [0.2, 0.25) is 0 Å². The molecule has 0 N–H and O–H groups in total. The Morgan fingerprint density at radius 3 is 1.93 bits per heavy atom. The van der Waals surface area contributed by atoms with Crippen LogP contribution in [0.5, 0.6) is 0 Å². The zero-order valence-corrected chi connectivity index (χ0v) is 17.1. The quantitative estimate of drug-likeness (QED) is 0.326. The molecule has 0 spiro atoms. The number of hydrogen-bond acceptors (Lipinski definition) is 2. The van der Waals surface area contributed by atoms with Gasteiger partial charge in [-0.05, 0) is 43.7 Å². The molecule has 0 aliphatic rings. The van der Waals surface area contributed by atoms with Gasteiger partial charge in [0, 0.05) is 22.1 Å². The minimum Gasteiger partial charge on any atom is -0.248 e. The molecule has 0 aliphatic carbocycles. The van der Waals surface area contributed by atoms with Gasteiger partial charge in [-0.15, -0.1) is 0 Å². The summed E-state index contributed by atoms with van der Waals surface area (Å²) in [6.45, 7) is 4.24. The Labute approximate surface area is 176 Å². The predicted octanol–water partition coefficient (Wildman–Crippen LogP) is 7.25. The van der Waals surface area contributed by atoms with Gasteiger partial charge >= 0.3 is 0 Å². The highest BCUT2D eigenvalue weighted by atomic mass is 14.7. The molecule has 0 fully saturated rings. The van der Waals surface area contributed by atoms with Crippen LogP contribution >= 0.6 is 0 Å². The molecule has 2 heterocycles. The van der Waals surface area contributed by atoms with Crippen molar-refractivity contribution >= 4 is 10.9 Å². The Morgan fingerprint density at radius 2 is 1.17 bits per heavy atom. The van der Waals surface area contributed by atoms with E-state index in [0.29, 0.717) is 0 Å². The second-order valence-electron chi connectivity index (χ2n) is 7.70. The molecule has 0 radical (unpaired) electrons. The van der Waals surface area contributed by atoms with Crippen molar-refractivity contribution in [2.24, 2.45) is 0 Å². The van der Waals surface area contributed by atoms with Crippen LogP contribution in [0.2, 0.25) is 0 Å². The molecule has 0 saturated carbocycles. The van der Waals surface area contributed by atoms with E-state index in [2.05, 4.69) is 92.7 Å². The smallest absolute Gasteiger partial charge is 0.0718 e. The van der Waals surface area contributed by atoms with Crippen LogP contribution in [0.4, 0.5) is 0 Å². The molecule has 0 unspecified atom stereocenters. The van der Waals surface area contributed by atoms with Crippen LogP contribution in [0.15, 0.2) is 97.1 Å². The fourth-order valence-corrected chi connectivity index (χ4v) is 3.80. The van der Waals surface area contributed by atoms with E-state index in [1.165, 1.54) is 16.5 Å². The number of rotatable bonds is 3. The zero-order chi connectivity index (χ0) is 20.5. The lowest BCUT2D eigenvalue weighted by molar-refractivity contribution is 1.31. The SMILES string of the molecule is Cc1ccc(-c2cccc(-c3ccc4c(C)cc(-c5ccccc5)nc4c3)n2)cc1. The van der Waals surface area contributed by atoms with E-state index in [9.17, 15) is 0 Å². The molecule has 2 nitrogen and oxygen atoms in total. The van der Waals surface area contributed by atoms with E-state index in [-0.39, 0.29) is 0 Å². The summed E-state index contributed by atoms with van der Waals surface area (Å²) in [4.78, 5) is 9.88. The molecule has 0 saturated heterocycles. The van der Waals surface area contributed by atoms with E-state index in [4.69, 9.17) is 9.97 Å². The van der Waals surface area contributed by atoms with Crippen LogP contribution in [0.3, 0.4) is 0 Å². The highest BCUT2D eigenvalue weighted by Gasteiger charge is 2.08. The van der Waals surface area contributed by atoms with Crippen LogP contribution in [-0.4, -0.2) is 9.97 Å². The Bertz CT molecular complexity index is 1340. The van der Waals surface area contributed by atoms with Gasteiger partial charge in [0.15, 0.2) is 0 Å². The van der Waals surface area contributed by atoms with E-state index < -0.39 is 0 Å². The van der Waals surface area contributed by atoms with Crippen molar-refractivity contribution in [3.8, 4) is 33.8 Å². The Hall–Kier alpha value is -3.78. The van der Waals surface area contributed by atoms with Crippen LogP contribution in [0.1, 0.15) is 11.1 Å². The maximum atomic E-state index is 4.95. The maximum Gasteiger partial charge on any atom is 0.0718 e. The predicted molar refractivity (Wildman–Crippen MR) is 125 cm³/mol. The molecule has 0 amide bonds. The minimum absolute atomic E-state index is 0.958. The van der Waals surface area contributed by atoms with Crippen LogP contribution in [0.25, 0.3) is 44.7 Å². The van der Waals surface area contributed by atoms with Crippen LogP contribution in [-0.2, 0) is 0 Å². The van der Waals surface area contributed by atoms with Crippen LogP contribution in [0, 0.1) is 13.8 Å². The van der Waals surface area contributed by atoms with E-state index in [0.717, 1.165) is 39.3 Å². The van der Waals surface area contributed by atoms with Crippen molar-refractivity contribution in [2.45, 2.75) is 13.8 Å². The number of nitrogens with zero attached hydrogens (tertiary/aromatic N) is 2. The van der Waals surface area contributed by atoms with Crippen molar-refractivity contribution in [3.63, 3.8) is 0 Å². The van der Waals surface area contributed by atoms with E-state index in [1.807, 2.05) is 18.2 Å². The van der Waals surface area contributed by atoms with Crippen molar-refractivity contribution < 1.29 is 0 Å². The number of fused-ring (bicyclic) bond motifs is 1. The number of aryl methyl sites for hydroxylation is 2. The van der Waals surface area contributed by atoms with E-state index in [1.54, 1.807) is 0 Å². The summed E-state index contributed by atoms with van der Waals surface area (Å²) < 4.78 is 0. The summed E-state index contributed by atoms with van der Waals surface area (Å²) >= 11 is 0. The number of hydrogen-bond donors (Lipinski definition) is 0. The maximum absolute atomic E-state index is 4.95. The zero-order valence-electron chi connectivity index (χ0n) is 17.1.